The summed E-state index contributed by atoms with van der Waals surface area (Å²) in [6.07, 6.45) is 3.78. The zero-order valence-corrected chi connectivity index (χ0v) is 6.84. The standard InChI is InChI=1S/C7H6BrNO/c8-7(10)5-6-1-3-9-4-2-6/h1-4H,5H2. The lowest BCUT2D eigenvalue weighted by atomic mass is 10.2. The van der Waals surface area contributed by atoms with Gasteiger partial charge in [0.25, 0.3) is 0 Å². The highest BCUT2D eigenvalue weighted by molar-refractivity contribution is 9.18. The first kappa shape index (κ1) is 7.41. The summed E-state index contributed by atoms with van der Waals surface area (Å²) in [4.78, 5) is 14.3. The van der Waals surface area contributed by atoms with E-state index in [9.17, 15) is 4.79 Å². The van der Waals surface area contributed by atoms with Gasteiger partial charge in [0.1, 0.15) is 0 Å². The van der Waals surface area contributed by atoms with Gasteiger partial charge in [0.15, 0.2) is 0 Å². The second-order valence-electron chi connectivity index (χ2n) is 1.89. The summed E-state index contributed by atoms with van der Waals surface area (Å²) in [6, 6.07) is 3.64. The van der Waals surface area contributed by atoms with E-state index in [0.29, 0.717) is 6.42 Å². The quantitative estimate of drug-likeness (QED) is 0.677. The Labute approximate surface area is 67.4 Å². The Balaban J connectivity index is 2.67. The molecule has 0 radical (unpaired) electrons. The Hall–Kier alpha value is -0.700. The zero-order chi connectivity index (χ0) is 7.40. The van der Waals surface area contributed by atoms with E-state index in [0.717, 1.165) is 5.56 Å². The van der Waals surface area contributed by atoms with E-state index in [-0.39, 0.29) is 4.69 Å². The van der Waals surface area contributed by atoms with Crippen LogP contribution in [0, 0.1) is 0 Å². The third-order valence-electron chi connectivity index (χ3n) is 1.09. The summed E-state index contributed by atoms with van der Waals surface area (Å²) in [5.74, 6) is 0. The van der Waals surface area contributed by atoms with Gasteiger partial charge < -0.3 is 0 Å². The first-order valence-corrected chi connectivity index (χ1v) is 3.65. The number of aromatic nitrogens is 1. The number of carbonyl (C=O) groups is 1. The minimum absolute atomic E-state index is 0.00120. The summed E-state index contributed by atoms with van der Waals surface area (Å²) >= 11 is 2.85. The van der Waals surface area contributed by atoms with Crippen LogP contribution in [0.3, 0.4) is 0 Å². The number of rotatable bonds is 2. The molecule has 0 atom stereocenters. The van der Waals surface area contributed by atoms with E-state index >= 15 is 0 Å². The minimum atomic E-state index is -0.00120. The maximum absolute atomic E-state index is 10.5. The van der Waals surface area contributed by atoms with Crippen LogP contribution in [0.1, 0.15) is 5.56 Å². The average Bonchev–Trinajstić information content (AvgIpc) is 1.88. The lowest BCUT2D eigenvalue weighted by Crippen LogP contribution is -1.91. The molecule has 0 aromatic carbocycles. The summed E-state index contributed by atoms with van der Waals surface area (Å²) in [5.41, 5.74) is 0.983. The molecule has 0 saturated carbocycles. The molecule has 0 bridgehead atoms. The molecule has 2 nitrogen and oxygen atoms in total. The molecule has 0 fully saturated rings. The van der Waals surface area contributed by atoms with Gasteiger partial charge in [0.2, 0.25) is 4.69 Å². The molecule has 0 aliphatic carbocycles. The minimum Gasteiger partial charge on any atom is -0.286 e. The number of halogens is 1. The van der Waals surface area contributed by atoms with Crippen molar-refractivity contribution in [1.82, 2.24) is 4.98 Å². The molecule has 1 aromatic rings. The van der Waals surface area contributed by atoms with Crippen molar-refractivity contribution in [1.29, 1.82) is 0 Å². The van der Waals surface area contributed by atoms with Crippen LogP contribution < -0.4 is 0 Å². The number of nitrogens with zero attached hydrogens (tertiary/aromatic N) is 1. The van der Waals surface area contributed by atoms with Crippen LogP contribution >= 0.6 is 15.9 Å². The smallest absolute Gasteiger partial charge is 0.202 e. The van der Waals surface area contributed by atoms with Gasteiger partial charge >= 0.3 is 0 Å². The fourth-order valence-electron chi connectivity index (χ4n) is 0.661. The van der Waals surface area contributed by atoms with E-state index in [4.69, 9.17) is 0 Å². The van der Waals surface area contributed by atoms with E-state index in [1.54, 1.807) is 12.4 Å². The van der Waals surface area contributed by atoms with E-state index < -0.39 is 0 Å². The Morgan fingerprint density at radius 2 is 2.10 bits per heavy atom. The molecule has 52 valence electrons. The molecule has 10 heavy (non-hydrogen) atoms. The van der Waals surface area contributed by atoms with Crippen LogP contribution in [0.15, 0.2) is 24.5 Å². The van der Waals surface area contributed by atoms with E-state index in [1.165, 1.54) is 0 Å². The van der Waals surface area contributed by atoms with Gasteiger partial charge in [-0.15, -0.1) is 0 Å². The molecule has 3 heteroatoms. The van der Waals surface area contributed by atoms with Crippen LogP contribution in [0.4, 0.5) is 0 Å². The molecule has 0 N–H and O–H groups in total. The maximum atomic E-state index is 10.5. The first-order chi connectivity index (χ1) is 4.79. The molecule has 1 aromatic heterocycles. The molecule has 1 rings (SSSR count). The lowest BCUT2D eigenvalue weighted by molar-refractivity contribution is -0.109. The topological polar surface area (TPSA) is 30.0 Å². The lowest BCUT2D eigenvalue weighted by Gasteiger charge is -1.92. The van der Waals surface area contributed by atoms with Gasteiger partial charge in [-0.25, -0.2) is 0 Å². The summed E-state index contributed by atoms with van der Waals surface area (Å²) < 4.78 is -0.00120. The molecule has 0 aliphatic rings. The van der Waals surface area contributed by atoms with Gasteiger partial charge in [-0.3, -0.25) is 9.78 Å². The van der Waals surface area contributed by atoms with Crippen molar-refractivity contribution in [2.24, 2.45) is 0 Å². The second kappa shape index (κ2) is 3.46. The summed E-state index contributed by atoms with van der Waals surface area (Å²) in [6.45, 7) is 0. The zero-order valence-electron chi connectivity index (χ0n) is 5.25. The molecular formula is C7H6BrNO. The van der Waals surface area contributed by atoms with E-state index in [1.807, 2.05) is 12.1 Å². The molecule has 0 saturated heterocycles. The Kier molecular flexibility index (Phi) is 2.57. The van der Waals surface area contributed by atoms with Crippen LogP contribution in [-0.4, -0.2) is 9.68 Å². The number of hydrogen-bond donors (Lipinski definition) is 0. The third-order valence-corrected chi connectivity index (χ3v) is 1.37. The van der Waals surface area contributed by atoms with Crippen molar-refractivity contribution in [3.63, 3.8) is 0 Å². The molecule has 0 amide bonds. The Morgan fingerprint density at radius 3 is 2.60 bits per heavy atom. The third kappa shape index (κ3) is 2.27. The molecular weight excluding hydrogens is 194 g/mol. The van der Waals surface area contributed by atoms with Crippen LogP contribution in [-0.2, 0) is 11.2 Å². The summed E-state index contributed by atoms with van der Waals surface area (Å²) in [5, 5.41) is 0. The van der Waals surface area contributed by atoms with Gasteiger partial charge in [0, 0.05) is 18.8 Å². The van der Waals surface area contributed by atoms with Crippen molar-refractivity contribution >= 4 is 20.6 Å². The highest BCUT2D eigenvalue weighted by Crippen LogP contribution is 2.00. The Bertz CT molecular complexity index is 222. The SMILES string of the molecule is O=C(Br)Cc1ccncc1. The Morgan fingerprint density at radius 1 is 1.50 bits per heavy atom. The highest BCUT2D eigenvalue weighted by Gasteiger charge is 1.95. The van der Waals surface area contributed by atoms with Crippen LogP contribution in [0.5, 0.6) is 0 Å². The normalized spacial score (nSPS) is 9.30. The molecule has 1 heterocycles. The first-order valence-electron chi connectivity index (χ1n) is 2.86. The number of carbonyl (C=O) groups excluding carboxylic acids is 1. The summed E-state index contributed by atoms with van der Waals surface area (Å²) in [7, 11) is 0. The molecule has 0 aliphatic heterocycles. The maximum Gasteiger partial charge on any atom is 0.202 e. The fraction of sp³-hybridized carbons (Fsp3) is 0.143. The predicted octanol–water partition coefficient (Wildman–Crippen LogP) is 1.55. The van der Waals surface area contributed by atoms with Crippen molar-refractivity contribution < 1.29 is 4.79 Å². The highest BCUT2D eigenvalue weighted by atomic mass is 79.9. The van der Waals surface area contributed by atoms with Crippen molar-refractivity contribution in [2.75, 3.05) is 0 Å². The van der Waals surface area contributed by atoms with Crippen molar-refractivity contribution in [2.45, 2.75) is 6.42 Å². The number of hydrogen-bond acceptors (Lipinski definition) is 2. The average molecular weight is 200 g/mol. The van der Waals surface area contributed by atoms with Gasteiger partial charge in [-0.2, -0.15) is 0 Å². The van der Waals surface area contributed by atoms with Crippen LogP contribution in [0.25, 0.3) is 0 Å². The monoisotopic (exact) mass is 199 g/mol. The van der Waals surface area contributed by atoms with Crippen molar-refractivity contribution in [3.8, 4) is 0 Å². The predicted molar refractivity (Wildman–Crippen MR) is 41.9 cm³/mol. The largest absolute Gasteiger partial charge is 0.286 e. The van der Waals surface area contributed by atoms with Crippen molar-refractivity contribution in [3.05, 3.63) is 30.1 Å². The number of pyridine rings is 1. The van der Waals surface area contributed by atoms with Crippen LogP contribution in [0.2, 0.25) is 0 Å². The second-order valence-corrected chi connectivity index (χ2v) is 2.77. The van der Waals surface area contributed by atoms with Gasteiger partial charge in [0.05, 0.1) is 0 Å². The fourth-order valence-corrected chi connectivity index (χ4v) is 0.985. The molecule has 0 unspecified atom stereocenters. The van der Waals surface area contributed by atoms with Gasteiger partial charge in [-0.05, 0) is 33.6 Å². The molecule has 0 spiro atoms. The van der Waals surface area contributed by atoms with E-state index in [2.05, 4.69) is 20.9 Å². The van der Waals surface area contributed by atoms with Gasteiger partial charge in [-0.1, -0.05) is 0 Å².